The largest absolute Gasteiger partial charge is 0.379 e. The molecular weight excluding hydrogens is 438 g/mol. The SMILES string of the molecule is CN(C)S(=O)(=O)c1ccc2c(c1)CCN2Cc1cccc(S(=O)(=O)N2CCOCC2)c1. The second-order valence-electron chi connectivity index (χ2n) is 7.91. The van der Waals surface area contributed by atoms with Crippen LogP contribution in [0.25, 0.3) is 0 Å². The monoisotopic (exact) mass is 465 g/mol. The van der Waals surface area contributed by atoms with Crippen LogP contribution in [0.1, 0.15) is 11.1 Å². The molecule has 8 nitrogen and oxygen atoms in total. The Balaban J connectivity index is 1.55. The van der Waals surface area contributed by atoms with Gasteiger partial charge >= 0.3 is 0 Å². The smallest absolute Gasteiger partial charge is 0.243 e. The number of hydrogen-bond acceptors (Lipinski definition) is 6. The van der Waals surface area contributed by atoms with Crippen molar-refractivity contribution in [3.63, 3.8) is 0 Å². The van der Waals surface area contributed by atoms with Gasteiger partial charge in [0.2, 0.25) is 20.0 Å². The van der Waals surface area contributed by atoms with Gasteiger partial charge in [-0.1, -0.05) is 12.1 Å². The molecular formula is C21H27N3O5S2. The fourth-order valence-corrected chi connectivity index (χ4v) is 6.37. The van der Waals surface area contributed by atoms with Gasteiger partial charge in [0, 0.05) is 46.0 Å². The molecule has 0 N–H and O–H groups in total. The van der Waals surface area contributed by atoms with Crippen LogP contribution in [0.2, 0.25) is 0 Å². The Hall–Kier alpha value is -1.98. The molecule has 2 aliphatic rings. The predicted octanol–water partition coefficient (Wildman–Crippen LogP) is 1.52. The first-order chi connectivity index (χ1) is 14.7. The molecule has 0 amide bonds. The summed E-state index contributed by atoms with van der Waals surface area (Å²) < 4.78 is 58.7. The third-order valence-corrected chi connectivity index (χ3v) is 9.41. The highest BCUT2D eigenvalue weighted by atomic mass is 32.2. The molecule has 0 atom stereocenters. The molecule has 168 valence electrons. The maximum absolute atomic E-state index is 13.0. The van der Waals surface area contributed by atoms with Crippen LogP contribution in [0.15, 0.2) is 52.3 Å². The lowest BCUT2D eigenvalue weighted by Gasteiger charge is -2.26. The fraction of sp³-hybridized carbons (Fsp3) is 0.429. The number of morpholine rings is 1. The van der Waals surface area contributed by atoms with E-state index in [1.54, 1.807) is 30.3 Å². The Morgan fingerprint density at radius 1 is 0.935 bits per heavy atom. The van der Waals surface area contributed by atoms with E-state index in [-0.39, 0.29) is 4.90 Å². The lowest BCUT2D eigenvalue weighted by atomic mass is 10.1. The summed E-state index contributed by atoms with van der Waals surface area (Å²) >= 11 is 0. The standard InChI is InChI=1S/C21H27N3O5S2/c1-22(2)30(25,26)20-6-7-21-18(15-20)8-9-23(21)16-17-4-3-5-19(14-17)31(27,28)24-10-12-29-13-11-24/h3-7,14-15H,8-13,16H2,1-2H3. The maximum Gasteiger partial charge on any atom is 0.243 e. The summed E-state index contributed by atoms with van der Waals surface area (Å²) in [7, 11) is -3.98. The van der Waals surface area contributed by atoms with Crippen molar-refractivity contribution in [1.82, 2.24) is 8.61 Å². The average Bonchev–Trinajstić information content (AvgIpc) is 3.16. The number of ether oxygens (including phenoxy) is 1. The quantitative estimate of drug-likeness (QED) is 0.643. The predicted molar refractivity (Wildman–Crippen MR) is 118 cm³/mol. The first-order valence-electron chi connectivity index (χ1n) is 10.2. The number of anilines is 1. The second-order valence-corrected chi connectivity index (χ2v) is 12.0. The van der Waals surface area contributed by atoms with Gasteiger partial charge in [-0.25, -0.2) is 21.1 Å². The Labute approximate surface area is 184 Å². The number of benzene rings is 2. The molecule has 2 aliphatic heterocycles. The van der Waals surface area contributed by atoms with Gasteiger partial charge in [-0.2, -0.15) is 4.31 Å². The highest BCUT2D eigenvalue weighted by Gasteiger charge is 2.27. The summed E-state index contributed by atoms with van der Waals surface area (Å²) in [6.07, 6.45) is 0.748. The molecule has 1 fully saturated rings. The van der Waals surface area contributed by atoms with E-state index in [1.165, 1.54) is 22.7 Å². The van der Waals surface area contributed by atoms with Crippen LogP contribution in [0, 0.1) is 0 Å². The molecule has 0 spiro atoms. The third-order valence-electron chi connectivity index (χ3n) is 5.70. The Bertz CT molecular complexity index is 1170. The topological polar surface area (TPSA) is 87.2 Å². The Morgan fingerprint density at radius 2 is 1.68 bits per heavy atom. The van der Waals surface area contributed by atoms with Crippen molar-refractivity contribution >= 4 is 25.7 Å². The van der Waals surface area contributed by atoms with Gasteiger partial charge in [-0.05, 0) is 47.9 Å². The van der Waals surface area contributed by atoms with Crippen LogP contribution in [-0.2, 0) is 37.7 Å². The van der Waals surface area contributed by atoms with Gasteiger partial charge in [0.05, 0.1) is 23.0 Å². The normalized spacial score (nSPS) is 17.8. The molecule has 0 saturated carbocycles. The molecule has 2 aromatic rings. The van der Waals surface area contributed by atoms with Crippen molar-refractivity contribution in [2.24, 2.45) is 0 Å². The summed E-state index contributed by atoms with van der Waals surface area (Å²) in [6.45, 7) is 2.86. The molecule has 31 heavy (non-hydrogen) atoms. The molecule has 2 heterocycles. The molecule has 0 bridgehead atoms. The molecule has 10 heteroatoms. The number of hydrogen-bond donors (Lipinski definition) is 0. The van der Waals surface area contributed by atoms with Gasteiger partial charge < -0.3 is 9.64 Å². The van der Waals surface area contributed by atoms with Gasteiger partial charge in [-0.3, -0.25) is 0 Å². The summed E-state index contributed by atoms with van der Waals surface area (Å²) in [4.78, 5) is 2.73. The molecule has 0 unspecified atom stereocenters. The van der Waals surface area contributed by atoms with Crippen molar-refractivity contribution in [3.8, 4) is 0 Å². The zero-order chi connectivity index (χ0) is 22.2. The van der Waals surface area contributed by atoms with Crippen LogP contribution < -0.4 is 4.90 Å². The summed E-state index contributed by atoms with van der Waals surface area (Å²) in [5.74, 6) is 0. The van der Waals surface area contributed by atoms with Crippen molar-refractivity contribution < 1.29 is 21.6 Å². The Morgan fingerprint density at radius 3 is 2.39 bits per heavy atom. The fourth-order valence-electron chi connectivity index (χ4n) is 3.94. The van der Waals surface area contributed by atoms with Crippen LogP contribution in [0.3, 0.4) is 0 Å². The van der Waals surface area contributed by atoms with Crippen molar-refractivity contribution in [1.29, 1.82) is 0 Å². The van der Waals surface area contributed by atoms with E-state index < -0.39 is 20.0 Å². The third kappa shape index (κ3) is 4.35. The highest BCUT2D eigenvalue weighted by Crippen LogP contribution is 2.32. The molecule has 1 saturated heterocycles. The summed E-state index contributed by atoms with van der Waals surface area (Å²) in [6, 6.07) is 12.3. The molecule has 0 aromatic heterocycles. The van der Waals surface area contributed by atoms with Gasteiger partial charge in [-0.15, -0.1) is 0 Å². The summed E-state index contributed by atoms with van der Waals surface area (Å²) in [5, 5.41) is 0. The van der Waals surface area contributed by atoms with Crippen molar-refractivity contribution in [2.45, 2.75) is 22.8 Å². The minimum Gasteiger partial charge on any atom is -0.379 e. The van der Waals surface area contributed by atoms with Crippen molar-refractivity contribution in [2.75, 3.05) is 51.8 Å². The van der Waals surface area contributed by atoms with Crippen LogP contribution in [0.4, 0.5) is 5.69 Å². The lowest BCUT2D eigenvalue weighted by molar-refractivity contribution is 0.0730. The van der Waals surface area contributed by atoms with E-state index in [0.29, 0.717) is 37.7 Å². The van der Waals surface area contributed by atoms with E-state index in [4.69, 9.17) is 4.74 Å². The van der Waals surface area contributed by atoms with Gasteiger partial charge in [0.1, 0.15) is 0 Å². The number of nitrogens with zero attached hydrogens (tertiary/aromatic N) is 3. The van der Waals surface area contributed by atoms with E-state index in [9.17, 15) is 16.8 Å². The zero-order valence-electron chi connectivity index (χ0n) is 17.7. The second kappa shape index (κ2) is 8.51. The average molecular weight is 466 g/mol. The molecule has 0 aliphatic carbocycles. The first kappa shape index (κ1) is 22.2. The highest BCUT2D eigenvalue weighted by molar-refractivity contribution is 7.89. The van der Waals surface area contributed by atoms with Crippen molar-refractivity contribution in [3.05, 3.63) is 53.6 Å². The molecule has 2 aromatic carbocycles. The molecule has 0 radical (unpaired) electrons. The summed E-state index contributed by atoms with van der Waals surface area (Å²) in [5.41, 5.74) is 2.87. The van der Waals surface area contributed by atoms with Crippen LogP contribution in [0.5, 0.6) is 0 Å². The van der Waals surface area contributed by atoms with Crippen LogP contribution >= 0.6 is 0 Å². The number of fused-ring (bicyclic) bond motifs is 1. The minimum absolute atomic E-state index is 0.289. The number of sulfonamides is 2. The maximum atomic E-state index is 13.0. The van der Waals surface area contributed by atoms with Crippen LogP contribution in [-0.4, -0.2) is 72.4 Å². The van der Waals surface area contributed by atoms with E-state index >= 15 is 0 Å². The molecule has 4 rings (SSSR count). The van der Waals surface area contributed by atoms with E-state index in [1.807, 2.05) is 12.1 Å². The minimum atomic E-state index is -3.55. The zero-order valence-corrected chi connectivity index (χ0v) is 19.3. The van der Waals surface area contributed by atoms with E-state index in [0.717, 1.165) is 29.8 Å². The number of rotatable bonds is 6. The van der Waals surface area contributed by atoms with Gasteiger partial charge in [0.15, 0.2) is 0 Å². The first-order valence-corrected chi connectivity index (χ1v) is 13.0. The van der Waals surface area contributed by atoms with Gasteiger partial charge in [0.25, 0.3) is 0 Å². The lowest BCUT2D eigenvalue weighted by Crippen LogP contribution is -2.40. The van der Waals surface area contributed by atoms with E-state index in [2.05, 4.69) is 4.90 Å². The Kier molecular flexibility index (Phi) is 6.10.